The van der Waals surface area contributed by atoms with E-state index in [0.29, 0.717) is 24.3 Å². The lowest BCUT2D eigenvalue weighted by Crippen LogP contribution is -2.22. The van der Waals surface area contributed by atoms with E-state index in [2.05, 4.69) is 50.2 Å². The van der Waals surface area contributed by atoms with E-state index in [4.69, 9.17) is 10.5 Å². The molecule has 0 unspecified atom stereocenters. The number of benzene rings is 1. The fraction of sp³-hybridized carbons (Fsp3) is 0.364. The molecule has 0 bridgehead atoms. The summed E-state index contributed by atoms with van der Waals surface area (Å²) in [4.78, 5) is 46.8. The Balaban J connectivity index is 0.000000591. The largest absolute Gasteiger partial charge is 0.379 e. The number of unbranched alkanes of at least 4 members (excludes halogenated alkanes) is 2. The number of hydrogen-bond donors (Lipinski definition) is 5. The summed E-state index contributed by atoms with van der Waals surface area (Å²) in [5.41, 5.74) is 11.5. The van der Waals surface area contributed by atoms with Gasteiger partial charge in [0.05, 0.1) is 18.4 Å². The smallest absolute Gasteiger partial charge is 0.280 e. The van der Waals surface area contributed by atoms with Crippen LogP contribution in [0.2, 0.25) is 0 Å². The third-order valence-electron chi connectivity index (χ3n) is 4.15. The molecule has 0 saturated heterocycles. The van der Waals surface area contributed by atoms with Crippen molar-refractivity contribution in [2.75, 3.05) is 17.6 Å². The molecule has 1 aromatic carbocycles. The number of nitrogens with zero attached hydrogens (tertiary/aromatic N) is 3. The second-order valence-corrected chi connectivity index (χ2v) is 6.76. The molecule has 0 atom stereocenters. The molecule has 0 radical (unpaired) electrons. The van der Waals surface area contributed by atoms with Crippen LogP contribution >= 0.6 is 0 Å². The van der Waals surface area contributed by atoms with E-state index in [1.165, 1.54) is 25.5 Å². The molecular formula is C22H32N8O3. The van der Waals surface area contributed by atoms with E-state index in [1.54, 1.807) is 24.3 Å². The second-order valence-electron chi connectivity index (χ2n) is 6.76. The Morgan fingerprint density at radius 3 is 2.30 bits per heavy atom. The number of carbonyl (C=O) groups excluding carboxylic acids is 2. The standard InChI is InChI=1S/C16H17N7O2.C5H12.CH3NO/c1-2-18-14(24)9-3-5-10(6-4-9)19-7-11-8-20-13-12(21-11)15(25)23-16(17)22-13;1-3-5-4-2;2-1-3/h3-6,8,19H,2,7H2,1H3,(H,18,24)(H3,17,20,22,23,25);3-5H2,1-2H3;1H,(H2,2,3). The Labute approximate surface area is 192 Å². The van der Waals surface area contributed by atoms with E-state index in [9.17, 15) is 9.59 Å². The maximum absolute atomic E-state index is 11.8. The summed E-state index contributed by atoms with van der Waals surface area (Å²) in [7, 11) is 0. The minimum Gasteiger partial charge on any atom is -0.379 e. The molecule has 0 fully saturated rings. The van der Waals surface area contributed by atoms with Gasteiger partial charge < -0.3 is 22.1 Å². The number of nitrogens with two attached hydrogens (primary N) is 2. The van der Waals surface area contributed by atoms with Crippen LogP contribution in [-0.4, -0.2) is 38.8 Å². The fourth-order valence-electron chi connectivity index (χ4n) is 2.60. The first-order chi connectivity index (χ1) is 15.9. The van der Waals surface area contributed by atoms with Gasteiger partial charge in [0.15, 0.2) is 11.2 Å². The lowest BCUT2D eigenvalue weighted by Gasteiger charge is -2.07. The number of anilines is 2. The van der Waals surface area contributed by atoms with Gasteiger partial charge >= 0.3 is 0 Å². The van der Waals surface area contributed by atoms with Crippen molar-refractivity contribution in [3.63, 3.8) is 0 Å². The number of rotatable bonds is 7. The molecule has 33 heavy (non-hydrogen) atoms. The number of nitrogen functional groups attached to an aromatic ring is 1. The van der Waals surface area contributed by atoms with Crippen LogP contribution in [-0.2, 0) is 11.3 Å². The Hall–Kier alpha value is -4.02. The predicted molar refractivity (Wildman–Crippen MR) is 130 cm³/mol. The maximum Gasteiger partial charge on any atom is 0.280 e. The Kier molecular flexibility index (Phi) is 12.2. The second kappa shape index (κ2) is 14.9. The number of hydrogen-bond acceptors (Lipinski definition) is 8. The molecule has 11 heteroatoms. The molecule has 0 aliphatic carbocycles. The van der Waals surface area contributed by atoms with Crippen LogP contribution in [0.3, 0.4) is 0 Å². The summed E-state index contributed by atoms with van der Waals surface area (Å²) < 4.78 is 0. The van der Waals surface area contributed by atoms with Crippen molar-refractivity contribution in [2.45, 2.75) is 46.6 Å². The summed E-state index contributed by atoms with van der Waals surface area (Å²) in [6.07, 6.45) is 5.86. The summed E-state index contributed by atoms with van der Waals surface area (Å²) >= 11 is 0. The quantitative estimate of drug-likeness (QED) is 0.334. The highest BCUT2D eigenvalue weighted by Gasteiger charge is 2.07. The number of amides is 2. The van der Waals surface area contributed by atoms with E-state index in [-0.39, 0.29) is 29.4 Å². The SMILES string of the molecule is CCCCC.CCNC(=O)c1ccc(NCc2cnc3nc(N)[nH]c(=O)c3n2)cc1.NC=O. The molecule has 2 aromatic heterocycles. The van der Waals surface area contributed by atoms with Crippen molar-refractivity contribution in [3.8, 4) is 0 Å². The van der Waals surface area contributed by atoms with Crippen LogP contribution in [0.1, 0.15) is 56.1 Å². The van der Waals surface area contributed by atoms with Crippen molar-refractivity contribution in [2.24, 2.45) is 5.73 Å². The van der Waals surface area contributed by atoms with Crippen LogP contribution < -0.4 is 27.7 Å². The number of carbonyl (C=O) groups is 2. The molecular weight excluding hydrogens is 424 g/mol. The van der Waals surface area contributed by atoms with E-state index >= 15 is 0 Å². The highest BCUT2D eigenvalue weighted by atomic mass is 16.1. The molecule has 11 nitrogen and oxygen atoms in total. The molecule has 3 aromatic rings. The fourth-order valence-corrected chi connectivity index (χ4v) is 2.60. The lowest BCUT2D eigenvalue weighted by molar-refractivity contribution is -0.106. The molecule has 2 heterocycles. The van der Waals surface area contributed by atoms with Gasteiger partial charge in [-0.25, -0.2) is 9.97 Å². The minimum absolute atomic E-state index is 0.00451. The monoisotopic (exact) mass is 456 g/mol. The highest BCUT2D eigenvalue weighted by Crippen LogP contribution is 2.11. The zero-order valence-electron chi connectivity index (χ0n) is 19.2. The third-order valence-corrected chi connectivity index (χ3v) is 4.15. The topological polar surface area (TPSA) is 182 Å². The van der Waals surface area contributed by atoms with Crippen LogP contribution in [0, 0.1) is 0 Å². The number of aromatic nitrogens is 4. The maximum atomic E-state index is 11.8. The predicted octanol–water partition coefficient (Wildman–Crippen LogP) is 1.96. The molecule has 2 amide bonds. The molecule has 0 aliphatic heterocycles. The number of H-pyrrole nitrogens is 1. The van der Waals surface area contributed by atoms with Gasteiger partial charge in [0, 0.05) is 17.8 Å². The Morgan fingerprint density at radius 2 is 1.76 bits per heavy atom. The molecule has 0 aliphatic rings. The average Bonchev–Trinajstić information content (AvgIpc) is 2.80. The number of aromatic amines is 1. The van der Waals surface area contributed by atoms with Gasteiger partial charge in [0.25, 0.3) is 11.5 Å². The zero-order valence-corrected chi connectivity index (χ0v) is 19.2. The van der Waals surface area contributed by atoms with Gasteiger partial charge in [-0.3, -0.25) is 19.4 Å². The van der Waals surface area contributed by atoms with Gasteiger partial charge in [-0.1, -0.05) is 33.1 Å². The molecule has 0 saturated carbocycles. The number of fused-ring (bicyclic) bond motifs is 1. The van der Waals surface area contributed by atoms with Gasteiger partial charge in [-0.2, -0.15) is 4.98 Å². The van der Waals surface area contributed by atoms with Crippen LogP contribution in [0.15, 0.2) is 35.3 Å². The Morgan fingerprint density at radius 1 is 1.12 bits per heavy atom. The van der Waals surface area contributed by atoms with Gasteiger partial charge in [0.1, 0.15) is 0 Å². The molecule has 7 N–H and O–H groups in total. The highest BCUT2D eigenvalue weighted by molar-refractivity contribution is 5.94. The number of nitrogens with one attached hydrogen (secondary N) is 3. The molecule has 0 spiro atoms. The first-order valence-electron chi connectivity index (χ1n) is 10.7. The minimum atomic E-state index is -0.428. The van der Waals surface area contributed by atoms with E-state index < -0.39 is 5.56 Å². The first-order valence-corrected chi connectivity index (χ1v) is 10.7. The normalized spacial score (nSPS) is 9.67. The lowest BCUT2D eigenvalue weighted by atomic mass is 10.2. The van der Waals surface area contributed by atoms with Crippen molar-refractivity contribution < 1.29 is 9.59 Å². The van der Waals surface area contributed by atoms with Gasteiger partial charge in [-0.05, 0) is 31.2 Å². The molecule has 3 rings (SSSR count). The summed E-state index contributed by atoms with van der Waals surface area (Å²) in [5, 5.41) is 5.90. The van der Waals surface area contributed by atoms with E-state index in [1.807, 2.05) is 6.92 Å². The average molecular weight is 457 g/mol. The summed E-state index contributed by atoms with van der Waals surface area (Å²) in [5.74, 6) is -0.106. The third kappa shape index (κ3) is 9.33. The van der Waals surface area contributed by atoms with Crippen LogP contribution in [0.4, 0.5) is 11.6 Å². The Bertz CT molecular complexity index is 1070. The van der Waals surface area contributed by atoms with Crippen molar-refractivity contribution >= 4 is 35.1 Å². The molecule has 178 valence electrons. The summed E-state index contributed by atoms with van der Waals surface area (Å²) in [6, 6.07) is 7.07. The van der Waals surface area contributed by atoms with Crippen LogP contribution in [0.5, 0.6) is 0 Å². The van der Waals surface area contributed by atoms with Gasteiger partial charge in [-0.15, -0.1) is 0 Å². The van der Waals surface area contributed by atoms with Crippen molar-refractivity contribution in [3.05, 3.63) is 52.1 Å². The van der Waals surface area contributed by atoms with Crippen molar-refractivity contribution in [1.29, 1.82) is 0 Å². The first kappa shape index (κ1) is 27.0. The van der Waals surface area contributed by atoms with Gasteiger partial charge in [0.2, 0.25) is 12.4 Å². The number of primary amides is 1. The van der Waals surface area contributed by atoms with Crippen LogP contribution in [0.25, 0.3) is 11.2 Å². The van der Waals surface area contributed by atoms with E-state index in [0.717, 1.165) is 5.69 Å². The summed E-state index contributed by atoms with van der Waals surface area (Å²) in [6.45, 7) is 7.24. The zero-order chi connectivity index (χ0) is 24.6. The van der Waals surface area contributed by atoms with Crippen molar-refractivity contribution in [1.82, 2.24) is 25.3 Å².